The molecule has 0 fully saturated rings. The van der Waals surface area contributed by atoms with E-state index in [0.29, 0.717) is 19.0 Å². The second kappa shape index (κ2) is 40.0. The first-order chi connectivity index (χ1) is 25.0. The van der Waals surface area contributed by atoms with Crippen LogP contribution in [0.3, 0.4) is 0 Å². The number of allylic oxidation sites excluding steroid dienone is 8. The van der Waals surface area contributed by atoms with Crippen LogP contribution in [0.1, 0.15) is 182 Å². The van der Waals surface area contributed by atoms with Gasteiger partial charge in [-0.05, 0) is 122 Å². The summed E-state index contributed by atoms with van der Waals surface area (Å²) in [6.07, 6.45) is 47.5. The van der Waals surface area contributed by atoms with Crippen molar-refractivity contribution in [1.82, 2.24) is 9.80 Å². The Balaban J connectivity index is 4.16. The van der Waals surface area contributed by atoms with Crippen LogP contribution in [0.2, 0.25) is 0 Å². The Morgan fingerprint density at radius 3 is 1.35 bits per heavy atom. The fourth-order valence-corrected chi connectivity index (χ4v) is 6.67. The highest BCUT2D eigenvalue weighted by molar-refractivity contribution is 4.95. The third kappa shape index (κ3) is 36.9. The molecule has 300 valence electrons. The van der Waals surface area contributed by atoms with E-state index in [0.717, 1.165) is 58.4 Å². The third-order valence-electron chi connectivity index (χ3n) is 10.0. The molecule has 0 aromatic carbocycles. The first-order valence-electron chi connectivity index (χ1n) is 22.1. The van der Waals surface area contributed by atoms with Gasteiger partial charge in [-0.25, -0.2) is 0 Å². The number of unbranched alkanes of at least 4 members (excludes halogenated alkanes) is 15. The molecule has 3 atom stereocenters. The fraction of sp³-hybridized carbons (Fsp3) is 0.826. The molecule has 3 unspecified atom stereocenters. The minimum atomic E-state index is -0.432. The monoisotopic (exact) mass is 716 g/mol. The molecule has 51 heavy (non-hydrogen) atoms. The van der Waals surface area contributed by atoms with E-state index >= 15 is 0 Å². The summed E-state index contributed by atoms with van der Waals surface area (Å²) in [5.74, 6) is 0.703. The molecular formula is C46H89N3O2. The van der Waals surface area contributed by atoms with Crippen molar-refractivity contribution in [2.75, 3.05) is 45.8 Å². The van der Waals surface area contributed by atoms with Crippen molar-refractivity contribution in [3.05, 3.63) is 48.6 Å². The van der Waals surface area contributed by atoms with Gasteiger partial charge in [0, 0.05) is 19.6 Å². The average molecular weight is 716 g/mol. The van der Waals surface area contributed by atoms with Crippen molar-refractivity contribution < 1.29 is 10.2 Å². The molecule has 0 saturated heterocycles. The van der Waals surface area contributed by atoms with Gasteiger partial charge in [0.2, 0.25) is 0 Å². The summed E-state index contributed by atoms with van der Waals surface area (Å²) in [5.41, 5.74) is 5.77. The van der Waals surface area contributed by atoms with E-state index in [-0.39, 0.29) is 6.10 Å². The highest BCUT2D eigenvalue weighted by Crippen LogP contribution is 2.12. The van der Waals surface area contributed by atoms with Crippen LogP contribution in [0.5, 0.6) is 0 Å². The minimum Gasteiger partial charge on any atom is -0.392 e. The lowest BCUT2D eigenvalue weighted by molar-refractivity contribution is 0.105. The van der Waals surface area contributed by atoms with E-state index in [4.69, 9.17) is 5.73 Å². The minimum absolute atomic E-state index is 0.225. The Bertz CT molecular complexity index is 810. The molecule has 5 nitrogen and oxygen atoms in total. The quantitative estimate of drug-likeness (QED) is 0.0436. The molecule has 0 aromatic rings. The third-order valence-corrected chi connectivity index (χ3v) is 10.0. The van der Waals surface area contributed by atoms with Crippen LogP contribution in [0, 0.1) is 5.92 Å². The number of nitrogens with zero attached hydrogens (tertiary/aromatic N) is 2. The Morgan fingerprint density at radius 2 is 0.902 bits per heavy atom. The van der Waals surface area contributed by atoms with Crippen molar-refractivity contribution in [1.29, 1.82) is 0 Å². The van der Waals surface area contributed by atoms with E-state index < -0.39 is 6.10 Å². The molecular weight excluding hydrogens is 627 g/mol. The largest absolute Gasteiger partial charge is 0.392 e. The van der Waals surface area contributed by atoms with Crippen molar-refractivity contribution >= 4 is 0 Å². The maximum Gasteiger partial charge on any atom is 0.0789 e. The average Bonchev–Trinajstić information content (AvgIpc) is 3.12. The molecule has 0 bridgehead atoms. The standard InChI is InChI=1S/C46H89N3O2/c1-5-8-9-10-11-12-13-14-15-16-17-18-21-24-28-32-38-49(43-46(51)41-47)40-34-29-33-39-48(42-45(50)7-3)37-31-27-25-22-19-20-23-26-30-36-44(4)35-6-2/h11-12,14-15,20,23,30,36,44-46,50-51H,5-10,13,16-19,21-22,24-29,31-35,37-43,47H2,1-4H3/b12-11-,15-14+,23-20-,36-30-. The van der Waals surface area contributed by atoms with E-state index in [1.54, 1.807) is 0 Å². The smallest absolute Gasteiger partial charge is 0.0789 e. The molecule has 4 N–H and O–H groups in total. The summed E-state index contributed by atoms with van der Waals surface area (Å²) in [4.78, 5) is 4.94. The molecule has 0 saturated carbocycles. The zero-order valence-corrected chi connectivity index (χ0v) is 34.6. The zero-order chi connectivity index (χ0) is 37.5. The molecule has 0 rings (SSSR count). The van der Waals surface area contributed by atoms with Gasteiger partial charge in [0.15, 0.2) is 0 Å². The Kier molecular flexibility index (Phi) is 39.0. The molecule has 0 spiro atoms. The number of rotatable bonds is 39. The van der Waals surface area contributed by atoms with E-state index in [1.807, 2.05) is 0 Å². The molecule has 0 heterocycles. The molecule has 0 aliphatic heterocycles. The molecule has 0 aliphatic rings. The van der Waals surface area contributed by atoms with Gasteiger partial charge >= 0.3 is 0 Å². The Hall–Kier alpha value is -1.24. The van der Waals surface area contributed by atoms with Crippen molar-refractivity contribution in [2.45, 2.75) is 194 Å². The first kappa shape index (κ1) is 49.8. The topological polar surface area (TPSA) is 73.0 Å². The van der Waals surface area contributed by atoms with Crippen LogP contribution in [0.15, 0.2) is 48.6 Å². The lowest BCUT2D eigenvalue weighted by Gasteiger charge is -2.26. The van der Waals surface area contributed by atoms with E-state index in [1.165, 1.54) is 128 Å². The van der Waals surface area contributed by atoms with Gasteiger partial charge in [0.1, 0.15) is 0 Å². The van der Waals surface area contributed by atoms with Crippen LogP contribution in [0.4, 0.5) is 0 Å². The van der Waals surface area contributed by atoms with Crippen LogP contribution >= 0.6 is 0 Å². The highest BCUT2D eigenvalue weighted by Gasteiger charge is 2.12. The molecule has 0 aromatic heterocycles. The number of aliphatic hydroxyl groups is 2. The molecule has 0 radical (unpaired) electrons. The number of aliphatic hydroxyl groups excluding tert-OH is 2. The summed E-state index contributed by atoms with van der Waals surface area (Å²) in [6.45, 7) is 15.0. The molecule has 0 aliphatic carbocycles. The van der Waals surface area contributed by atoms with Gasteiger partial charge < -0.3 is 25.7 Å². The Labute approximate surface area is 319 Å². The van der Waals surface area contributed by atoms with Gasteiger partial charge in [0.05, 0.1) is 12.2 Å². The SMILES string of the molecule is CCCCC/C=C\C/C=C/CCCCCCCCN(CCCCCN(CCCCCC/C=C\C/C=C\C(C)CCC)CC(O)CC)CC(O)CN. The van der Waals surface area contributed by atoms with Crippen LogP contribution in [0.25, 0.3) is 0 Å². The highest BCUT2D eigenvalue weighted by atomic mass is 16.3. The summed E-state index contributed by atoms with van der Waals surface area (Å²) in [5, 5.41) is 20.6. The van der Waals surface area contributed by atoms with E-state index in [2.05, 4.69) is 86.1 Å². The predicted molar refractivity (Wildman–Crippen MR) is 228 cm³/mol. The second-order valence-electron chi connectivity index (χ2n) is 15.3. The summed E-state index contributed by atoms with van der Waals surface area (Å²) < 4.78 is 0. The van der Waals surface area contributed by atoms with E-state index in [9.17, 15) is 10.2 Å². The maximum absolute atomic E-state index is 10.4. The summed E-state index contributed by atoms with van der Waals surface area (Å²) in [7, 11) is 0. The Morgan fingerprint density at radius 1 is 0.490 bits per heavy atom. The number of nitrogens with two attached hydrogens (primary N) is 1. The molecule has 5 heteroatoms. The van der Waals surface area contributed by atoms with Gasteiger partial charge in [-0.15, -0.1) is 0 Å². The summed E-state index contributed by atoms with van der Waals surface area (Å²) in [6, 6.07) is 0. The molecule has 0 amide bonds. The maximum atomic E-state index is 10.4. The predicted octanol–water partition coefficient (Wildman–Crippen LogP) is 11.6. The van der Waals surface area contributed by atoms with Gasteiger partial charge in [0.25, 0.3) is 0 Å². The fourth-order valence-electron chi connectivity index (χ4n) is 6.67. The van der Waals surface area contributed by atoms with Crippen LogP contribution < -0.4 is 5.73 Å². The summed E-state index contributed by atoms with van der Waals surface area (Å²) >= 11 is 0. The second-order valence-corrected chi connectivity index (χ2v) is 15.3. The van der Waals surface area contributed by atoms with Crippen molar-refractivity contribution in [3.63, 3.8) is 0 Å². The van der Waals surface area contributed by atoms with Gasteiger partial charge in [-0.3, -0.25) is 0 Å². The van der Waals surface area contributed by atoms with Crippen molar-refractivity contribution in [2.24, 2.45) is 11.7 Å². The lowest BCUT2D eigenvalue weighted by atomic mass is 10.1. The normalized spacial score (nSPS) is 14.5. The lowest BCUT2D eigenvalue weighted by Crippen LogP contribution is -2.37. The number of hydrogen-bond donors (Lipinski definition) is 3. The van der Waals surface area contributed by atoms with Crippen molar-refractivity contribution in [3.8, 4) is 0 Å². The zero-order valence-electron chi connectivity index (χ0n) is 34.6. The number of hydrogen-bond acceptors (Lipinski definition) is 5. The van der Waals surface area contributed by atoms with Gasteiger partial charge in [-0.2, -0.15) is 0 Å². The van der Waals surface area contributed by atoms with Crippen LogP contribution in [-0.2, 0) is 0 Å². The van der Waals surface area contributed by atoms with Gasteiger partial charge in [-0.1, -0.05) is 141 Å². The van der Waals surface area contributed by atoms with Crippen LogP contribution in [-0.4, -0.2) is 78.0 Å². The first-order valence-corrected chi connectivity index (χ1v) is 22.1.